The normalized spacial score (nSPS) is 11.2. The largest absolute Gasteiger partial charge is 0.418 e. The van der Waals surface area contributed by atoms with Crippen LogP contribution in [0.3, 0.4) is 0 Å². The first kappa shape index (κ1) is 15.3. The van der Waals surface area contributed by atoms with Crippen LogP contribution in [-0.4, -0.2) is 25.8 Å². The number of para-hydroxylation sites is 1. The standard InChI is InChI=1S/C12H15F3N2O2/c1-2-19-8-7-16-11(18)17-10-6-4-3-5-9(10)12(13,14)15/h3-6H,2,7-8H2,1H3,(H2,16,17,18). The fraction of sp³-hybridized carbons (Fsp3) is 0.417. The molecule has 7 heteroatoms. The number of rotatable bonds is 5. The van der Waals surface area contributed by atoms with E-state index in [0.29, 0.717) is 13.2 Å². The number of anilines is 1. The fourth-order valence-electron chi connectivity index (χ4n) is 1.39. The summed E-state index contributed by atoms with van der Waals surface area (Å²) in [5.41, 5.74) is -1.15. The van der Waals surface area contributed by atoms with Crippen molar-refractivity contribution in [3.8, 4) is 0 Å². The smallest absolute Gasteiger partial charge is 0.380 e. The van der Waals surface area contributed by atoms with Gasteiger partial charge in [-0.05, 0) is 19.1 Å². The minimum Gasteiger partial charge on any atom is -0.380 e. The van der Waals surface area contributed by atoms with Crippen LogP contribution in [0.15, 0.2) is 24.3 Å². The van der Waals surface area contributed by atoms with Gasteiger partial charge in [0.1, 0.15) is 0 Å². The van der Waals surface area contributed by atoms with E-state index in [4.69, 9.17) is 4.74 Å². The predicted octanol–water partition coefficient (Wildman–Crippen LogP) is 2.86. The Hall–Kier alpha value is -1.76. The summed E-state index contributed by atoms with van der Waals surface area (Å²) in [5.74, 6) is 0. The van der Waals surface area contributed by atoms with Gasteiger partial charge in [0.2, 0.25) is 0 Å². The van der Waals surface area contributed by atoms with Crippen LogP contribution in [0.5, 0.6) is 0 Å². The topological polar surface area (TPSA) is 50.4 Å². The zero-order valence-corrected chi connectivity index (χ0v) is 10.4. The van der Waals surface area contributed by atoms with Crippen LogP contribution in [0.25, 0.3) is 0 Å². The molecule has 2 amide bonds. The Bertz CT molecular complexity index is 422. The van der Waals surface area contributed by atoms with E-state index in [2.05, 4.69) is 10.6 Å². The van der Waals surface area contributed by atoms with Gasteiger partial charge in [-0.1, -0.05) is 12.1 Å². The van der Waals surface area contributed by atoms with Gasteiger partial charge in [0.15, 0.2) is 0 Å². The third kappa shape index (κ3) is 5.17. The van der Waals surface area contributed by atoms with Crippen LogP contribution < -0.4 is 10.6 Å². The molecule has 19 heavy (non-hydrogen) atoms. The lowest BCUT2D eigenvalue weighted by Crippen LogP contribution is -2.32. The molecule has 0 saturated heterocycles. The van der Waals surface area contributed by atoms with E-state index in [1.54, 1.807) is 6.92 Å². The molecule has 0 aliphatic heterocycles. The highest BCUT2D eigenvalue weighted by atomic mass is 19.4. The Morgan fingerprint density at radius 2 is 2.00 bits per heavy atom. The molecule has 2 N–H and O–H groups in total. The maximum atomic E-state index is 12.7. The molecule has 0 aliphatic carbocycles. The lowest BCUT2D eigenvalue weighted by molar-refractivity contribution is -0.136. The average molecular weight is 276 g/mol. The van der Waals surface area contributed by atoms with E-state index in [9.17, 15) is 18.0 Å². The van der Waals surface area contributed by atoms with Gasteiger partial charge in [0, 0.05) is 13.2 Å². The summed E-state index contributed by atoms with van der Waals surface area (Å²) in [5, 5.41) is 4.57. The lowest BCUT2D eigenvalue weighted by atomic mass is 10.1. The average Bonchev–Trinajstić information content (AvgIpc) is 2.34. The fourth-order valence-corrected chi connectivity index (χ4v) is 1.39. The van der Waals surface area contributed by atoms with Gasteiger partial charge in [0.05, 0.1) is 17.9 Å². The van der Waals surface area contributed by atoms with Crippen molar-refractivity contribution in [3.63, 3.8) is 0 Å². The minimum atomic E-state index is -4.50. The summed E-state index contributed by atoms with van der Waals surface area (Å²) in [6.45, 7) is 2.86. The zero-order valence-electron chi connectivity index (χ0n) is 10.4. The van der Waals surface area contributed by atoms with Crippen molar-refractivity contribution in [2.45, 2.75) is 13.1 Å². The van der Waals surface area contributed by atoms with Crippen LogP contribution >= 0.6 is 0 Å². The summed E-state index contributed by atoms with van der Waals surface area (Å²) in [6.07, 6.45) is -4.50. The van der Waals surface area contributed by atoms with Gasteiger partial charge >= 0.3 is 12.2 Å². The third-order valence-electron chi connectivity index (χ3n) is 2.22. The monoisotopic (exact) mass is 276 g/mol. The molecule has 0 bridgehead atoms. The van der Waals surface area contributed by atoms with E-state index < -0.39 is 17.8 Å². The molecule has 0 heterocycles. The summed E-state index contributed by atoms with van der Waals surface area (Å²) < 4.78 is 43.0. The van der Waals surface area contributed by atoms with Crippen LogP contribution in [0.1, 0.15) is 12.5 Å². The van der Waals surface area contributed by atoms with Crippen LogP contribution in [0, 0.1) is 0 Å². The van der Waals surface area contributed by atoms with Gasteiger partial charge < -0.3 is 15.4 Å². The Morgan fingerprint density at radius 3 is 2.63 bits per heavy atom. The number of nitrogens with one attached hydrogen (secondary N) is 2. The molecule has 0 atom stereocenters. The van der Waals surface area contributed by atoms with E-state index in [1.807, 2.05) is 0 Å². The Morgan fingerprint density at radius 1 is 1.32 bits per heavy atom. The number of amides is 2. The summed E-state index contributed by atoms with van der Waals surface area (Å²) in [7, 11) is 0. The van der Waals surface area contributed by atoms with E-state index in [0.717, 1.165) is 6.07 Å². The summed E-state index contributed by atoms with van der Waals surface area (Å²) in [6, 6.07) is 4.10. The molecule has 0 saturated carbocycles. The second kappa shape index (κ2) is 6.98. The maximum Gasteiger partial charge on any atom is 0.418 e. The number of carbonyl (C=O) groups excluding carboxylic acids is 1. The van der Waals surface area contributed by atoms with E-state index in [-0.39, 0.29) is 12.2 Å². The molecule has 0 spiro atoms. The SMILES string of the molecule is CCOCCNC(=O)Nc1ccccc1C(F)(F)F. The van der Waals surface area contributed by atoms with Crippen molar-refractivity contribution < 1.29 is 22.7 Å². The van der Waals surface area contributed by atoms with Crippen molar-refractivity contribution in [1.29, 1.82) is 0 Å². The Labute approximate surface area is 108 Å². The quantitative estimate of drug-likeness (QED) is 0.812. The van der Waals surface area contributed by atoms with Crippen molar-refractivity contribution in [1.82, 2.24) is 5.32 Å². The van der Waals surface area contributed by atoms with Crippen molar-refractivity contribution in [2.75, 3.05) is 25.1 Å². The van der Waals surface area contributed by atoms with Gasteiger partial charge in [-0.25, -0.2) is 4.79 Å². The molecular formula is C12H15F3N2O2. The van der Waals surface area contributed by atoms with Crippen molar-refractivity contribution >= 4 is 11.7 Å². The minimum absolute atomic E-state index is 0.230. The van der Waals surface area contributed by atoms with Gasteiger partial charge in [-0.2, -0.15) is 13.2 Å². The molecule has 0 aromatic heterocycles. The number of hydrogen-bond donors (Lipinski definition) is 2. The van der Waals surface area contributed by atoms with Crippen molar-refractivity contribution in [2.24, 2.45) is 0 Å². The predicted molar refractivity (Wildman–Crippen MR) is 65.0 cm³/mol. The number of ether oxygens (including phenoxy) is 1. The molecule has 1 aromatic rings. The first-order valence-electron chi connectivity index (χ1n) is 5.74. The molecule has 0 aliphatic rings. The van der Waals surface area contributed by atoms with E-state index in [1.165, 1.54) is 18.2 Å². The molecule has 0 fully saturated rings. The molecule has 1 aromatic carbocycles. The molecule has 0 unspecified atom stereocenters. The second-order valence-electron chi connectivity index (χ2n) is 3.62. The van der Waals surface area contributed by atoms with Gasteiger partial charge in [0.25, 0.3) is 0 Å². The van der Waals surface area contributed by atoms with Gasteiger partial charge in [-0.3, -0.25) is 0 Å². The van der Waals surface area contributed by atoms with E-state index >= 15 is 0 Å². The molecular weight excluding hydrogens is 261 g/mol. The third-order valence-corrected chi connectivity index (χ3v) is 2.22. The second-order valence-corrected chi connectivity index (χ2v) is 3.62. The first-order chi connectivity index (χ1) is 8.95. The number of alkyl halides is 3. The number of urea groups is 1. The first-order valence-corrected chi connectivity index (χ1v) is 5.74. The number of benzene rings is 1. The van der Waals surface area contributed by atoms with Gasteiger partial charge in [-0.15, -0.1) is 0 Å². The molecule has 1 rings (SSSR count). The highest BCUT2D eigenvalue weighted by molar-refractivity contribution is 5.90. The van der Waals surface area contributed by atoms with Crippen LogP contribution in [-0.2, 0) is 10.9 Å². The Balaban J connectivity index is 2.59. The van der Waals surface area contributed by atoms with Crippen LogP contribution in [0.4, 0.5) is 23.7 Å². The highest BCUT2D eigenvalue weighted by Crippen LogP contribution is 2.34. The Kier molecular flexibility index (Phi) is 5.62. The van der Waals surface area contributed by atoms with Crippen LogP contribution in [0.2, 0.25) is 0 Å². The molecule has 4 nitrogen and oxygen atoms in total. The number of carbonyl (C=O) groups is 1. The lowest BCUT2D eigenvalue weighted by Gasteiger charge is -2.13. The highest BCUT2D eigenvalue weighted by Gasteiger charge is 2.33. The van der Waals surface area contributed by atoms with Crippen molar-refractivity contribution in [3.05, 3.63) is 29.8 Å². The summed E-state index contributed by atoms with van der Waals surface area (Å²) in [4.78, 5) is 11.4. The maximum absolute atomic E-state index is 12.7. The summed E-state index contributed by atoms with van der Waals surface area (Å²) >= 11 is 0. The molecule has 106 valence electrons. The molecule has 0 radical (unpaired) electrons. The number of halogens is 3. The zero-order chi connectivity index (χ0) is 14.3. The number of hydrogen-bond acceptors (Lipinski definition) is 2.